The van der Waals surface area contributed by atoms with Gasteiger partial charge in [0.2, 0.25) is 0 Å². The Morgan fingerprint density at radius 1 is 1.19 bits per heavy atom. The molecule has 1 atom stereocenters. The summed E-state index contributed by atoms with van der Waals surface area (Å²) in [7, 11) is 4.40. The fraction of sp³-hybridized carbons (Fsp3) is 0.647. The monoisotopic (exact) mass is 328 g/mol. The van der Waals surface area contributed by atoms with Crippen molar-refractivity contribution in [3.63, 3.8) is 0 Å². The standard InChI is InChI=1S/C17H26Cl2N2/c1-4-16(13-7-8-14(18)15(19)11-13)20-12-17(21(2)3)9-5-6-10-17/h7-8,11,16,20H,4-6,9-10,12H2,1-3H3. The van der Waals surface area contributed by atoms with Crippen molar-refractivity contribution in [3.05, 3.63) is 33.8 Å². The van der Waals surface area contributed by atoms with Crippen molar-refractivity contribution in [2.45, 2.75) is 50.6 Å². The highest BCUT2D eigenvalue weighted by Crippen LogP contribution is 2.34. The van der Waals surface area contributed by atoms with Gasteiger partial charge in [0.05, 0.1) is 10.0 Å². The first-order chi connectivity index (χ1) is 9.98. The van der Waals surface area contributed by atoms with E-state index >= 15 is 0 Å². The molecule has 0 aromatic heterocycles. The van der Waals surface area contributed by atoms with Crippen molar-refractivity contribution in [2.24, 2.45) is 0 Å². The molecule has 2 nitrogen and oxygen atoms in total. The molecule has 0 aliphatic heterocycles. The lowest BCUT2D eigenvalue weighted by atomic mass is 9.94. The molecule has 1 aromatic rings. The van der Waals surface area contributed by atoms with Crippen LogP contribution in [0.2, 0.25) is 10.0 Å². The van der Waals surface area contributed by atoms with Crippen LogP contribution in [0.4, 0.5) is 0 Å². The Balaban J connectivity index is 2.06. The molecule has 1 unspecified atom stereocenters. The van der Waals surface area contributed by atoms with E-state index in [1.54, 1.807) is 0 Å². The Morgan fingerprint density at radius 3 is 2.38 bits per heavy atom. The first kappa shape index (κ1) is 17.1. The second-order valence-electron chi connectivity index (χ2n) is 6.34. The normalized spacial score (nSPS) is 19.1. The van der Waals surface area contributed by atoms with Crippen LogP contribution in [0.15, 0.2) is 18.2 Å². The molecule has 1 fully saturated rings. The fourth-order valence-corrected chi connectivity index (χ4v) is 3.66. The largest absolute Gasteiger partial charge is 0.308 e. The molecular weight excluding hydrogens is 303 g/mol. The summed E-state index contributed by atoms with van der Waals surface area (Å²) < 4.78 is 0. The van der Waals surface area contributed by atoms with Crippen LogP contribution in [0.3, 0.4) is 0 Å². The average molecular weight is 329 g/mol. The molecule has 1 N–H and O–H groups in total. The Morgan fingerprint density at radius 2 is 1.86 bits per heavy atom. The van der Waals surface area contributed by atoms with E-state index in [0.29, 0.717) is 21.6 Å². The fourth-order valence-electron chi connectivity index (χ4n) is 3.36. The summed E-state index contributed by atoms with van der Waals surface area (Å²) in [5, 5.41) is 5.01. The van der Waals surface area contributed by atoms with Crippen LogP contribution < -0.4 is 5.32 Å². The van der Waals surface area contributed by atoms with Gasteiger partial charge in [0, 0.05) is 18.1 Å². The molecule has 0 heterocycles. The molecule has 1 aliphatic carbocycles. The number of likely N-dealkylation sites (N-methyl/N-ethyl adjacent to an activating group) is 1. The lowest BCUT2D eigenvalue weighted by Gasteiger charge is -2.38. The Labute approximate surface area is 138 Å². The number of halogens is 2. The lowest BCUT2D eigenvalue weighted by Crippen LogP contribution is -2.50. The first-order valence-electron chi connectivity index (χ1n) is 7.84. The minimum absolute atomic E-state index is 0.309. The maximum atomic E-state index is 6.15. The molecule has 0 spiro atoms. The molecule has 2 rings (SSSR count). The van der Waals surface area contributed by atoms with Gasteiger partial charge in [0.15, 0.2) is 0 Å². The molecule has 0 bridgehead atoms. The van der Waals surface area contributed by atoms with E-state index in [1.807, 2.05) is 12.1 Å². The minimum atomic E-state index is 0.309. The van der Waals surface area contributed by atoms with Gasteiger partial charge in [-0.25, -0.2) is 0 Å². The summed E-state index contributed by atoms with van der Waals surface area (Å²) in [5.74, 6) is 0. The summed E-state index contributed by atoms with van der Waals surface area (Å²) in [5.41, 5.74) is 1.53. The quantitative estimate of drug-likeness (QED) is 0.798. The van der Waals surface area contributed by atoms with E-state index in [-0.39, 0.29) is 0 Å². The lowest BCUT2D eigenvalue weighted by molar-refractivity contribution is 0.148. The summed E-state index contributed by atoms with van der Waals surface area (Å²) >= 11 is 12.2. The SMILES string of the molecule is CCC(NCC1(N(C)C)CCCC1)c1ccc(Cl)c(Cl)c1. The second kappa shape index (κ2) is 7.32. The average Bonchev–Trinajstić information content (AvgIpc) is 2.93. The van der Waals surface area contributed by atoms with Crippen molar-refractivity contribution < 1.29 is 0 Å². The third-order valence-corrected chi connectivity index (χ3v) is 5.65. The Bertz CT molecular complexity index is 468. The molecule has 0 radical (unpaired) electrons. The van der Waals surface area contributed by atoms with Crippen LogP contribution in [0.5, 0.6) is 0 Å². The number of nitrogens with zero attached hydrogens (tertiary/aromatic N) is 1. The molecule has 118 valence electrons. The third-order valence-electron chi connectivity index (χ3n) is 4.91. The van der Waals surface area contributed by atoms with Crippen LogP contribution >= 0.6 is 23.2 Å². The number of hydrogen-bond donors (Lipinski definition) is 1. The van der Waals surface area contributed by atoms with Crippen LogP contribution in [0.1, 0.15) is 50.6 Å². The topological polar surface area (TPSA) is 15.3 Å². The Kier molecular flexibility index (Phi) is 5.96. The second-order valence-corrected chi connectivity index (χ2v) is 7.16. The predicted octanol–water partition coefficient (Wildman–Crippen LogP) is 4.91. The van der Waals surface area contributed by atoms with Gasteiger partial charge < -0.3 is 10.2 Å². The molecular formula is C17H26Cl2N2. The highest BCUT2D eigenvalue weighted by molar-refractivity contribution is 6.42. The third kappa shape index (κ3) is 3.92. The summed E-state index contributed by atoms with van der Waals surface area (Å²) in [4.78, 5) is 2.40. The molecule has 0 saturated heterocycles. The van der Waals surface area contributed by atoms with Crippen LogP contribution in [-0.2, 0) is 0 Å². The van der Waals surface area contributed by atoms with Crippen LogP contribution in [-0.4, -0.2) is 31.1 Å². The number of nitrogens with one attached hydrogen (secondary N) is 1. The van der Waals surface area contributed by atoms with E-state index < -0.39 is 0 Å². The Hall–Kier alpha value is -0.280. The minimum Gasteiger partial charge on any atom is -0.308 e. The molecule has 21 heavy (non-hydrogen) atoms. The van der Waals surface area contributed by atoms with Crippen molar-refractivity contribution >= 4 is 23.2 Å². The van der Waals surface area contributed by atoms with E-state index in [2.05, 4.69) is 37.3 Å². The van der Waals surface area contributed by atoms with Gasteiger partial charge in [-0.3, -0.25) is 0 Å². The van der Waals surface area contributed by atoms with E-state index in [0.717, 1.165) is 13.0 Å². The van der Waals surface area contributed by atoms with Crippen LogP contribution in [0.25, 0.3) is 0 Å². The maximum absolute atomic E-state index is 6.15. The van der Waals surface area contributed by atoms with Gasteiger partial charge in [0.1, 0.15) is 0 Å². The molecule has 1 saturated carbocycles. The number of hydrogen-bond acceptors (Lipinski definition) is 2. The van der Waals surface area contributed by atoms with Gasteiger partial charge in [-0.2, -0.15) is 0 Å². The van der Waals surface area contributed by atoms with E-state index in [1.165, 1.54) is 31.2 Å². The predicted molar refractivity (Wildman–Crippen MR) is 92.4 cm³/mol. The summed E-state index contributed by atoms with van der Waals surface area (Å²) in [6.45, 7) is 3.23. The van der Waals surface area contributed by atoms with Gasteiger partial charge in [-0.05, 0) is 51.1 Å². The van der Waals surface area contributed by atoms with Crippen molar-refractivity contribution in [1.82, 2.24) is 10.2 Å². The number of benzene rings is 1. The number of rotatable bonds is 6. The van der Waals surface area contributed by atoms with Gasteiger partial charge in [-0.1, -0.05) is 49.0 Å². The molecule has 1 aliphatic rings. The van der Waals surface area contributed by atoms with Crippen molar-refractivity contribution in [3.8, 4) is 0 Å². The van der Waals surface area contributed by atoms with Gasteiger partial charge in [-0.15, -0.1) is 0 Å². The summed E-state index contributed by atoms with van der Waals surface area (Å²) in [6, 6.07) is 6.28. The van der Waals surface area contributed by atoms with Crippen molar-refractivity contribution in [2.75, 3.05) is 20.6 Å². The highest BCUT2D eigenvalue weighted by atomic mass is 35.5. The van der Waals surface area contributed by atoms with Gasteiger partial charge >= 0.3 is 0 Å². The van der Waals surface area contributed by atoms with Gasteiger partial charge in [0.25, 0.3) is 0 Å². The van der Waals surface area contributed by atoms with Crippen molar-refractivity contribution in [1.29, 1.82) is 0 Å². The smallest absolute Gasteiger partial charge is 0.0595 e. The van der Waals surface area contributed by atoms with E-state index in [9.17, 15) is 0 Å². The molecule has 1 aromatic carbocycles. The van der Waals surface area contributed by atoms with E-state index in [4.69, 9.17) is 23.2 Å². The van der Waals surface area contributed by atoms with Crippen LogP contribution in [0, 0.1) is 0 Å². The zero-order valence-electron chi connectivity index (χ0n) is 13.3. The highest BCUT2D eigenvalue weighted by Gasteiger charge is 2.36. The zero-order valence-corrected chi connectivity index (χ0v) is 14.8. The summed E-state index contributed by atoms with van der Waals surface area (Å²) in [6.07, 6.45) is 6.28. The zero-order chi connectivity index (χ0) is 15.5. The molecule has 4 heteroatoms. The maximum Gasteiger partial charge on any atom is 0.0595 e. The first-order valence-corrected chi connectivity index (χ1v) is 8.60. The molecule has 0 amide bonds.